The number of hydrazone groups is 1. The van der Waals surface area contributed by atoms with Crippen LogP contribution in [0.15, 0.2) is 94.6 Å². The van der Waals surface area contributed by atoms with Gasteiger partial charge < -0.3 is 19.2 Å². The van der Waals surface area contributed by atoms with Crippen molar-refractivity contribution < 1.29 is 33.2 Å². The second-order valence-electron chi connectivity index (χ2n) is 7.81. The van der Waals surface area contributed by atoms with Crippen molar-refractivity contribution in [2.24, 2.45) is 5.10 Å². The molecule has 2 N–H and O–H groups in total. The fourth-order valence-electron chi connectivity index (χ4n) is 3.26. The Balaban J connectivity index is 1.43. The number of nitrogens with one attached hydrogen (secondary N) is 2. The summed E-state index contributed by atoms with van der Waals surface area (Å²) in [6.45, 7) is 0. The van der Waals surface area contributed by atoms with Gasteiger partial charge in [-0.15, -0.1) is 0 Å². The van der Waals surface area contributed by atoms with Gasteiger partial charge in [0.2, 0.25) is 0 Å². The maximum absolute atomic E-state index is 12.6. The SMILES string of the molecule is COc1ccc(C(=O)Oc2ccc([N+](=O)[O-])cc2/C=N/NC(=O)c2ccc(NC(=O)c3ccco3)cc2)cc1. The molecule has 0 radical (unpaired) electrons. The van der Waals surface area contributed by atoms with Gasteiger partial charge in [0.05, 0.1) is 30.1 Å². The predicted octanol–water partition coefficient (Wildman–Crippen LogP) is 4.43. The number of carbonyl (C=O) groups excluding carboxylic acids is 3. The van der Waals surface area contributed by atoms with E-state index >= 15 is 0 Å². The first kappa shape index (κ1) is 26.3. The van der Waals surface area contributed by atoms with E-state index in [-0.39, 0.29) is 33.9 Å². The summed E-state index contributed by atoms with van der Waals surface area (Å²) >= 11 is 0. The summed E-state index contributed by atoms with van der Waals surface area (Å²) in [7, 11) is 1.49. The topological polar surface area (TPSA) is 162 Å². The van der Waals surface area contributed by atoms with E-state index < -0.39 is 22.7 Å². The molecule has 0 aliphatic carbocycles. The van der Waals surface area contributed by atoms with Gasteiger partial charge in [0.15, 0.2) is 5.76 Å². The quantitative estimate of drug-likeness (QED) is 0.106. The van der Waals surface area contributed by atoms with Gasteiger partial charge in [-0.1, -0.05) is 0 Å². The van der Waals surface area contributed by atoms with Crippen LogP contribution >= 0.6 is 0 Å². The number of hydrogen-bond donors (Lipinski definition) is 2. The summed E-state index contributed by atoms with van der Waals surface area (Å²) in [5, 5.41) is 17.7. The number of benzene rings is 3. The monoisotopic (exact) mass is 528 g/mol. The van der Waals surface area contributed by atoms with Crippen molar-refractivity contribution in [3.05, 3.63) is 118 Å². The van der Waals surface area contributed by atoms with Crippen LogP contribution in [0.25, 0.3) is 0 Å². The molecule has 3 aromatic carbocycles. The summed E-state index contributed by atoms with van der Waals surface area (Å²) < 4.78 is 15.5. The van der Waals surface area contributed by atoms with E-state index in [4.69, 9.17) is 13.9 Å². The number of nitro benzene ring substituents is 1. The van der Waals surface area contributed by atoms with Crippen LogP contribution < -0.4 is 20.2 Å². The van der Waals surface area contributed by atoms with E-state index in [0.717, 1.165) is 12.3 Å². The van der Waals surface area contributed by atoms with E-state index in [9.17, 15) is 24.5 Å². The first-order valence-electron chi connectivity index (χ1n) is 11.3. The zero-order valence-electron chi connectivity index (χ0n) is 20.3. The molecular formula is C27H20N4O8. The number of amides is 2. The molecule has 196 valence electrons. The maximum atomic E-state index is 12.6. The zero-order valence-corrected chi connectivity index (χ0v) is 20.3. The molecule has 2 amide bonds. The molecule has 39 heavy (non-hydrogen) atoms. The highest BCUT2D eigenvalue weighted by atomic mass is 16.6. The Morgan fingerprint density at radius 3 is 2.31 bits per heavy atom. The lowest BCUT2D eigenvalue weighted by atomic mass is 10.2. The van der Waals surface area contributed by atoms with Crippen molar-refractivity contribution in [1.82, 2.24) is 5.43 Å². The van der Waals surface area contributed by atoms with Crippen molar-refractivity contribution in [3.8, 4) is 11.5 Å². The summed E-state index contributed by atoms with van der Waals surface area (Å²) in [6.07, 6.45) is 2.50. The number of methoxy groups -OCH3 is 1. The molecule has 1 heterocycles. The summed E-state index contributed by atoms with van der Waals surface area (Å²) in [5.41, 5.74) is 3.03. The first-order chi connectivity index (χ1) is 18.8. The number of rotatable bonds is 9. The minimum atomic E-state index is -0.704. The van der Waals surface area contributed by atoms with Gasteiger partial charge in [-0.3, -0.25) is 19.7 Å². The number of non-ortho nitro benzene ring substituents is 1. The Morgan fingerprint density at radius 1 is 0.949 bits per heavy atom. The predicted molar refractivity (Wildman–Crippen MR) is 139 cm³/mol. The molecule has 4 aromatic rings. The Bertz CT molecular complexity index is 1530. The molecule has 0 aliphatic heterocycles. The molecule has 0 saturated carbocycles. The number of esters is 1. The average molecular weight is 528 g/mol. The molecule has 12 heteroatoms. The van der Waals surface area contributed by atoms with Gasteiger partial charge in [0, 0.05) is 28.9 Å². The van der Waals surface area contributed by atoms with E-state index in [1.165, 1.54) is 68.0 Å². The summed E-state index contributed by atoms with van der Waals surface area (Å²) in [6, 6.07) is 18.9. The molecule has 12 nitrogen and oxygen atoms in total. The van der Waals surface area contributed by atoms with E-state index in [0.29, 0.717) is 11.4 Å². The second-order valence-corrected chi connectivity index (χ2v) is 7.81. The lowest BCUT2D eigenvalue weighted by molar-refractivity contribution is -0.384. The standard InChI is InChI=1S/C27H20N4O8/c1-37-22-11-6-18(7-12-22)27(34)39-23-13-10-21(31(35)36)15-19(23)16-28-30-25(32)17-4-8-20(9-5-17)29-26(33)24-3-2-14-38-24/h2-16H,1H3,(H,29,33)(H,30,32)/b28-16+. The fourth-order valence-corrected chi connectivity index (χ4v) is 3.26. The van der Waals surface area contributed by atoms with Crippen LogP contribution in [-0.2, 0) is 0 Å². The van der Waals surface area contributed by atoms with E-state index in [1.54, 1.807) is 18.2 Å². The largest absolute Gasteiger partial charge is 0.497 e. The van der Waals surface area contributed by atoms with Gasteiger partial charge in [-0.05, 0) is 66.7 Å². The normalized spacial score (nSPS) is 10.6. The Morgan fingerprint density at radius 2 is 1.67 bits per heavy atom. The highest BCUT2D eigenvalue weighted by Crippen LogP contribution is 2.24. The number of nitrogens with zero attached hydrogens (tertiary/aromatic N) is 2. The van der Waals surface area contributed by atoms with Crippen molar-refractivity contribution in [3.63, 3.8) is 0 Å². The maximum Gasteiger partial charge on any atom is 0.343 e. The minimum Gasteiger partial charge on any atom is -0.497 e. The van der Waals surface area contributed by atoms with Crippen LogP contribution in [0.1, 0.15) is 36.8 Å². The van der Waals surface area contributed by atoms with Crippen LogP contribution in [0.3, 0.4) is 0 Å². The van der Waals surface area contributed by atoms with Gasteiger partial charge in [-0.2, -0.15) is 5.10 Å². The third kappa shape index (κ3) is 6.71. The smallest absolute Gasteiger partial charge is 0.343 e. The van der Waals surface area contributed by atoms with Gasteiger partial charge in [0.25, 0.3) is 17.5 Å². The Labute approximate surface area is 221 Å². The van der Waals surface area contributed by atoms with Crippen LogP contribution in [0.4, 0.5) is 11.4 Å². The highest BCUT2D eigenvalue weighted by Gasteiger charge is 2.16. The molecule has 0 saturated heterocycles. The fraction of sp³-hybridized carbons (Fsp3) is 0.0370. The molecule has 0 spiro atoms. The molecule has 0 atom stereocenters. The number of ether oxygens (including phenoxy) is 2. The van der Waals surface area contributed by atoms with Crippen LogP contribution in [0.2, 0.25) is 0 Å². The number of nitro groups is 1. The minimum absolute atomic E-state index is 0.00364. The van der Waals surface area contributed by atoms with Gasteiger partial charge in [0.1, 0.15) is 11.5 Å². The number of furan rings is 1. The molecule has 0 aliphatic rings. The lowest BCUT2D eigenvalue weighted by Crippen LogP contribution is -2.18. The lowest BCUT2D eigenvalue weighted by Gasteiger charge is -2.08. The first-order valence-corrected chi connectivity index (χ1v) is 11.3. The third-order valence-corrected chi connectivity index (χ3v) is 5.25. The molecule has 0 fully saturated rings. The highest BCUT2D eigenvalue weighted by molar-refractivity contribution is 6.02. The van der Waals surface area contributed by atoms with Crippen molar-refractivity contribution >= 4 is 35.4 Å². The Hall–Kier alpha value is -5.78. The van der Waals surface area contributed by atoms with Crippen molar-refractivity contribution in [2.75, 3.05) is 12.4 Å². The third-order valence-electron chi connectivity index (χ3n) is 5.25. The molecule has 0 bridgehead atoms. The molecule has 4 rings (SSSR count). The summed E-state index contributed by atoms with van der Waals surface area (Å²) in [4.78, 5) is 47.7. The summed E-state index contributed by atoms with van der Waals surface area (Å²) in [5.74, 6) is -1.04. The van der Waals surface area contributed by atoms with Crippen LogP contribution in [0, 0.1) is 10.1 Å². The molecular weight excluding hydrogens is 508 g/mol. The van der Waals surface area contributed by atoms with E-state index in [1.807, 2.05) is 0 Å². The average Bonchev–Trinajstić information content (AvgIpc) is 3.49. The van der Waals surface area contributed by atoms with Gasteiger partial charge in [-0.25, -0.2) is 10.2 Å². The molecule has 1 aromatic heterocycles. The molecule has 0 unspecified atom stereocenters. The van der Waals surface area contributed by atoms with Crippen molar-refractivity contribution in [2.45, 2.75) is 0 Å². The van der Waals surface area contributed by atoms with Gasteiger partial charge >= 0.3 is 5.97 Å². The number of carbonyl (C=O) groups is 3. The van der Waals surface area contributed by atoms with Crippen molar-refractivity contribution in [1.29, 1.82) is 0 Å². The van der Waals surface area contributed by atoms with Crippen LogP contribution in [0.5, 0.6) is 11.5 Å². The Kier molecular flexibility index (Phi) is 8.07. The zero-order chi connectivity index (χ0) is 27.8. The second kappa shape index (κ2) is 12.0. The number of hydrogen-bond acceptors (Lipinski definition) is 9. The van der Waals surface area contributed by atoms with Crippen LogP contribution in [-0.4, -0.2) is 36.0 Å². The van der Waals surface area contributed by atoms with E-state index in [2.05, 4.69) is 15.8 Å². The number of anilines is 1.